The van der Waals surface area contributed by atoms with Crippen LogP contribution in [-0.4, -0.2) is 37.5 Å². The van der Waals surface area contributed by atoms with E-state index in [0.29, 0.717) is 30.8 Å². The molecular weight excluding hydrogens is 318 g/mol. The number of hydrogen-bond acceptors (Lipinski definition) is 4. The molecule has 5 nitrogen and oxygen atoms in total. The third-order valence-electron chi connectivity index (χ3n) is 4.55. The van der Waals surface area contributed by atoms with Crippen LogP contribution >= 0.6 is 0 Å². The predicted molar refractivity (Wildman–Crippen MR) is 93.6 cm³/mol. The fourth-order valence-corrected chi connectivity index (χ4v) is 3.20. The molecule has 1 unspecified atom stereocenters. The van der Waals surface area contributed by atoms with Gasteiger partial charge in [0.25, 0.3) is 0 Å². The van der Waals surface area contributed by atoms with Crippen LogP contribution in [-0.2, 0) is 16.1 Å². The highest BCUT2D eigenvalue weighted by Crippen LogP contribution is 2.31. The molecule has 25 heavy (non-hydrogen) atoms. The maximum Gasteiger partial charge on any atom is 0.337 e. The Labute approximate surface area is 147 Å². The first-order valence-electron chi connectivity index (χ1n) is 8.20. The molecule has 0 radical (unpaired) electrons. The van der Waals surface area contributed by atoms with E-state index in [1.165, 1.54) is 12.7 Å². The van der Waals surface area contributed by atoms with Crippen LogP contribution < -0.4 is 4.74 Å². The number of likely N-dealkylation sites (tertiary alicyclic amines) is 1. The van der Waals surface area contributed by atoms with Gasteiger partial charge < -0.3 is 14.4 Å². The Bertz CT molecular complexity index is 773. The topological polar surface area (TPSA) is 55.8 Å². The smallest absolute Gasteiger partial charge is 0.337 e. The lowest BCUT2D eigenvalue weighted by molar-refractivity contribution is -0.128. The number of amides is 1. The zero-order valence-electron chi connectivity index (χ0n) is 14.4. The Morgan fingerprint density at radius 1 is 1.16 bits per heavy atom. The summed E-state index contributed by atoms with van der Waals surface area (Å²) in [6, 6.07) is 15.3. The molecule has 1 aliphatic rings. The van der Waals surface area contributed by atoms with Gasteiger partial charge in [-0.1, -0.05) is 36.4 Å². The van der Waals surface area contributed by atoms with Gasteiger partial charge in [0.2, 0.25) is 5.91 Å². The first-order chi connectivity index (χ1) is 12.1. The quantitative estimate of drug-likeness (QED) is 0.786. The lowest BCUT2D eigenvalue weighted by atomic mass is 9.98. The largest absolute Gasteiger partial charge is 0.496 e. The van der Waals surface area contributed by atoms with Gasteiger partial charge in [-0.3, -0.25) is 4.79 Å². The molecule has 0 aliphatic carbocycles. The second-order valence-corrected chi connectivity index (χ2v) is 6.10. The van der Waals surface area contributed by atoms with E-state index in [9.17, 15) is 9.59 Å². The molecule has 1 aliphatic heterocycles. The minimum atomic E-state index is -0.411. The van der Waals surface area contributed by atoms with Crippen molar-refractivity contribution in [2.24, 2.45) is 0 Å². The van der Waals surface area contributed by atoms with Gasteiger partial charge >= 0.3 is 5.97 Å². The molecule has 0 saturated carbocycles. The molecular formula is C20H21NO4. The third-order valence-corrected chi connectivity index (χ3v) is 4.55. The van der Waals surface area contributed by atoms with Crippen LogP contribution in [0.15, 0.2) is 48.5 Å². The maximum absolute atomic E-state index is 12.4. The number of esters is 1. The van der Waals surface area contributed by atoms with E-state index in [-0.39, 0.29) is 11.8 Å². The van der Waals surface area contributed by atoms with Crippen molar-refractivity contribution in [3.63, 3.8) is 0 Å². The van der Waals surface area contributed by atoms with Gasteiger partial charge in [0.05, 0.1) is 19.8 Å². The van der Waals surface area contributed by atoms with Gasteiger partial charge in [0, 0.05) is 31.0 Å². The minimum Gasteiger partial charge on any atom is -0.496 e. The number of carbonyl (C=O) groups excluding carboxylic acids is 2. The molecule has 1 heterocycles. The first-order valence-corrected chi connectivity index (χ1v) is 8.20. The molecule has 0 spiro atoms. The second kappa shape index (κ2) is 7.38. The van der Waals surface area contributed by atoms with E-state index in [1.807, 2.05) is 29.2 Å². The number of rotatable bonds is 5. The Morgan fingerprint density at radius 2 is 1.92 bits per heavy atom. The Morgan fingerprint density at radius 3 is 2.60 bits per heavy atom. The van der Waals surface area contributed by atoms with E-state index >= 15 is 0 Å². The van der Waals surface area contributed by atoms with Crippen LogP contribution in [0.1, 0.15) is 33.8 Å². The van der Waals surface area contributed by atoms with Gasteiger partial charge in [-0.25, -0.2) is 4.79 Å². The van der Waals surface area contributed by atoms with E-state index in [2.05, 4.69) is 12.1 Å². The van der Waals surface area contributed by atoms with E-state index in [0.717, 1.165) is 5.56 Å². The van der Waals surface area contributed by atoms with Crippen molar-refractivity contribution in [2.75, 3.05) is 20.8 Å². The number of hydrogen-bond donors (Lipinski definition) is 0. The summed E-state index contributed by atoms with van der Waals surface area (Å²) >= 11 is 0. The van der Waals surface area contributed by atoms with Crippen molar-refractivity contribution < 1.29 is 19.1 Å². The number of ether oxygens (including phenoxy) is 2. The molecule has 1 fully saturated rings. The molecule has 130 valence electrons. The second-order valence-electron chi connectivity index (χ2n) is 6.10. The molecule has 1 amide bonds. The third kappa shape index (κ3) is 3.65. The summed E-state index contributed by atoms with van der Waals surface area (Å²) in [6.45, 7) is 1.15. The highest BCUT2D eigenvalue weighted by molar-refractivity contribution is 5.90. The summed E-state index contributed by atoms with van der Waals surface area (Å²) in [5.74, 6) is 0.520. The van der Waals surface area contributed by atoms with Crippen molar-refractivity contribution in [1.82, 2.24) is 4.90 Å². The average Bonchev–Trinajstić information content (AvgIpc) is 3.02. The summed E-state index contributed by atoms with van der Waals surface area (Å²) in [6.07, 6.45) is 0.520. The number of methoxy groups -OCH3 is 2. The summed E-state index contributed by atoms with van der Waals surface area (Å²) in [5, 5.41) is 0. The van der Waals surface area contributed by atoms with Crippen LogP contribution in [0.5, 0.6) is 5.75 Å². The Hall–Kier alpha value is -2.82. The van der Waals surface area contributed by atoms with Crippen LogP contribution in [0.3, 0.4) is 0 Å². The molecule has 0 bridgehead atoms. The van der Waals surface area contributed by atoms with Gasteiger partial charge in [-0.15, -0.1) is 0 Å². The molecule has 3 rings (SSSR count). The van der Waals surface area contributed by atoms with Crippen molar-refractivity contribution in [2.45, 2.75) is 18.9 Å². The van der Waals surface area contributed by atoms with Crippen molar-refractivity contribution in [3.05, 3.63) is 65.2 Å². The van der Waals surface area contributed by atoms with Crippen LogP contribution in [0.25, 0.3) is 0 Å². The minimum absolute atomic E-state index is 0.132. The monoisotopic (exact) mass is 339 g/mol. The van der Waals surface area contributed by atoms with Gasteiger partial charge in [0.1, 0.15) is 5.75 Å². The van der Waals surface area contributed by atoms with Crippen molar-refractivity contribution >= 4 is 11.9 Å². The number of nitrogens with zero attached hydrogens (tertiary/aromatic N) is 1. The molecule has 2 aromatic rings. The molecule has 0 N–H and O–H groups in total. The maximum atomic E-state index is 12.4. The van der Waals surface area contributed by atoms with E-state index in [4.69, 9.17) is 9.47 Å². The number of carbonyl (C=O) groups is 2. The van der Waals surface area contributed by atoms with Crippen LogP contribution in [0, 0.1) is 0 Å². The molecule has 0 aromatic heterocycles. The highest BCUT2D eigenvalue weighted by Gasteiger charge is 2.31. The predicted octanol–water partition coefficient (Wildman–Crippen LogP) is 3.00. The molecule has 1 atom stereocenters. The van der Waals surface area contributed by atoms with Crippen molar-refractivity contribution in [1.29, 1.82) is 0 Å². The van der Waals surface area contributed by atoms with Gasteiger partial charge in [-0.2, -0.15) is 0 Å². The summed E-state index contributed by atoms with van der Waals surface area (Å²) in [5.41, 5.74) is 2.49. The summed E-state index contributed by atoms with van der Waals surface area (Å²) in [4.78, 5) is 25.9. The zero-order chi connectivity index (χ0) is 17.8. The zero-order valence-corrected chi connectivity index (χ0v) is 14.4. The molecule has 2 aromatic carbocycles. The fraction of sp³-hybridized carbons (Fsp3) is 0.300. The van der Waals surface area contributed by atoms with Gasteiger partial charge in [-0.05, 0) is 17.7 Å². The average molecular weight is 339 g/mol. The Balaban J connectivity index is 1.76. The standard InChI is InChI=1S/C20H21NO4/c1-24-18-10-15(20(23)25-2)8-9-16(18)12-21-13-17(11-19(21)22)14-6-4-3-5-7-14/h3-10,17H,11-13H2,1-2H3. The van der Waals surface area contributed by atoms with Crippen LogP contribution in [0.2, 0.25) is 0 Å². The fourth-order valence-electron chi connectivity index (χ4n) is 3.20. The lowest BCUT2D eigenvalue weighted by Crippen LogP contribution is -2.24. The first kappa shape index (κ1) is 17.0. The SMILES string of the molecule is COC(=O)c1ccc(CN2CC(c3ccccc3)CC2=O)c(OC)c1. The Kier molecular flexibility index (Phi) is 5.03. The van der Waals surface area contributed by atoms with Crippen LogP contribution in [0.4, 0.5) is 0 Å². The van der Waals surface area contributed by atoms with E-state index in [1.54, 1.807) is 19.2 Å². The molecule has 5 heteroatoms. The highest BCUT2D eigenvalue weighted by atomic mass is 16.5. The molecule has 1 saturated heterocycles. The lowest BCUT2D eigenvalue weighted by Gasteiger charge is -2.19. The van der Waals surface area contributed by atoms with E-state index < -0.39 is 5.97 Å². The summed E-state index contributed by atoms with van der Waals surface area (Å²) in [7, 11) is 2.90. The van der Waals surface area contributed by atoms with Crippen molar-refractivity contribution in [3.8, 4) is 5.75 Å². The van der Waals surface area contributed by atoms with Gasteiger partial charge in [0.15, 0.2) is 0 Å². The number of benzene rings is 2. The summed E-state index contributed by atoms with van der Waals surface area (Å²) < 4.78 is 10.1. The normalized spacial score (nSPS) is 16.8.